The topological polar surface area (TPSA) is 405 Å². The monoisotopic (exact) mass is 1240 g/mol. The zero-order chi connectivity index (χ0) is 67.2. The van der Waals surface area contributed by atoms with Crippen LogP contribution in [0.2, 0.25) is 0 Å². The highest BCUT2D eigenvalue weighted by molar-refractivity contribution is 8.14. The fourth-order valence-corrected chi connectivity index (χ4v) is 8.60. The maximum absolute atomic E-state index is 11.0. The molecule has 0 saturated carbocycles. The molecule has 27 nitrogen and oxygen atoms in total. The van der Waals surface area contributed by atoms with Crippen LogP contribution >= 0.6 is 23.5 Å². The van der Waals surface area contributed by atoms with Gasteiger partial charge in [-0.2, -0.15) is 11.8 Å². The molecule has 12 N–H and O–H groups in total. The Morgan fingerprint density at radius 3 is 1.28 bits per heavy atom. The largest absolute Gasteiger partial charge is 0.480 e. The van der Waals surface area contributed by atoms with Crippen molar-refractivity contribution < 1.29 is 102 Å². The van der Waals surface area contributed by atoms with Gasteiger partial charge in [0.2, 0.25) is 5.91 Å². The number of aliphatic carboxylic acids is 1. The Bertz CT molecular complexity index is 1780. The molecule has 490 valence electrons. The zero-order valence-electron chi connectivity index (χ0n) is 53.9. The maximum Gasteiger partial charge on any atom is 0.327 e. The van der Waals surface area contributed by atoms with Crippen molar-refractivity contribution in [3.8, 4) is 0 Å². The first kappa shape index (κ1) is 92.2. The summed E-state index contributed by atoms with van der Waals surface area (Å²) in [5.74, 6) is -1.01. The van der Waals surface area contributed by atoms with Crippen LogP contribution in [0.3, 0.4) is 0 Å². The van der Waals surface area contributed by atoms with E-state index in [9.17, 15) is 53.1 Å². The minimum atomic E-state index is -1.43. The first-order chi connectivity index (χ1) is 37.4. The van der Waals surface area contributed by atoms with Crippen LogP contribution in [0, 0.1) is 5.41 Å². The van der Waals surface area contributed by atoms with E-state index in [-0.39, 0.29) is 102 Å². The summed E-state index contributed by atoms with van der Waals surface area (Å²) >= 11 is 2.68. The van der Waals surface area contributed by atoms with Gasteiger partial charge in [0.25, 0.3) is 0 Å². The molecule has 0 aromatic rings. The van der Waals surface area contributed by atoms with E-state index in [1.807, 2.05) is 61.3 Å². The molecule has 0 rings (SSSR count). The minimum Gasteiger partial charge on any atom is -0.480 e. The van der Waals surface area contributed by atoms with Crippen molar-refractivity contribution >= 4 is 87.3 Å². The number of ether oxygens (including phenoxy) is 2. The van der Waals surface area contributed by atoms with Gasteiger partial charge in [-0.1, -0.05) is 11.8 Å². The van der Waals surface area contributed by atoms with E-state index in [4.69, 9.17) is 51.9 Å². The van der Waals surface area contributed by atoms with E-state index in [0.29, 0.717) is 59.4 Å². The number of likely N-dealkylation sites (N-methyl/N-ethyl adjacent to an activating group) is 4. The van der Waals surface area contributed by atoms with E-state index in [1.54, 1.807) is 13.8 Å². The van der Waals surface area contributed by atoms with Gasteiger partial charge in [-0.05, 0) is 60.9 Å². The van der Waals surface area contributed by atoms with Crippen LogP contribution < -0.4 is 16.8 Å². The van der Waals surface area contributed by atoms with E-state index >= 15 is 0 Å². The lowest BCUT2D eigenvalue weighted by atomic mass is 10.2. The van der Waals surface area contributed by atoms with Gasteiger partial charge in [0.05, 0.1) is 87.9 Å². The molecule has 0 bridgehead atoms. The molecule has 0 aliphatic rings. The standard InChI is InChI=1S/C10H20NO3.C10H20NO2S.C8H15NO4S.C8H18NO2.C7H13NO3.C7H15NO2.C4H11N3O2/c2*1-8(12)6-10(14-9(2)13)7-11(3,4)5;1-6(11)9-7(8(12)13)5-14-4-2-3-10;1-7(10)5-8(11)6-9(2,3)4;1-5(9)3-7(4-8)11-6(2)10;1-6(9)4-7(10)5-8(2)3;1-7(4(5)6)2-3(8)9/h2*10H,6-7H2,1-5H3;7,10H,2-5H2,1H3,(H,9,11)(H,12,13);8,11H,5-6H2,1-4H3;7H,3-4,8H2,1-2H3;7,10H,4-5H2,1-3H3;3,8-9H,2H2,1H3,(H3,5,6)/q2*+1;;+1;;;. The van der Waals surface area contributed by atoms with Gasteiger partial charge in [0.15, 0.2) is 23.5 Å². The number of quaternary nitrogens is 3. The average molecular weight is 1240 g/mol. The van der Waals surface area contributed by atoms with Crippen LogP contribution in [0.25, 0.3) is 0 Å². The second-order valence-corrected chi connectivity index (χ2v) is 25.6. The lowest BCUT2D eigenvalue weighted by Gasteiger charge is -2.28. The van der Waals surface area contributed by atoms with Gasteiger partial charge in [-0.3, -0.25) is 48.6 Å². The lowest BCUT2D eigenvalue weighted by Crippen LogP contribution is -2.43. The average Bonchev–Trinajstić information content (AvgIpc) is 3.21. The van der Waals surface area contributed by atoms with Crippen LogP contribution in [0.15, 0.2) is 0 Å². The molecule has 6 atom stereocenters. The highest BCUT2D eigenvalue weighted by Gasteiger charge is 2.24. The minimum absolute atomic E-state index is 0.0262. The number of nitrogens with one attached hydrogen (secondary N) is 2. The quantitative estimate of drug-likeness (QED) is 0.0105. The first-order valence-corrected chi connectivity index (χ1v) is 28.7. The Hall–Kier alpha value is -4.53. The summed E-state index contributed by atoms with van der Waals surface area (Å²) < 4.78 is 11.9. The van der Waals surface area contributed by atoms with Gasteiger partial charge in [-0.15, -0.1) is 0 Å². The summed E-state index contributed by atoms with van der Waals surface area (Å²) in [5, 5.41) is 61.6. The molecule has 0 aromatic heterocycles. The summed E-state index contributed by atoms with van der Waals surface area (Å²) in [7, 11) is 23.4. The molecule has 0 saturated heterocycles. The van der Waals surface area contributed by atoms with Crippen molar-refractivity contribution in [1.82, 2.24) is 15.1 Å². The Morgan fingerprint density at radius 2 is 0.988 bits per heavy atom. The Morgan fingerprint density at radius 1 is 0.590 bits per heavy atom. The number of amides is 1. The third-order valence-electron chi connectivity index (χ3n) is 8.94. The fourth-order valence-electron chi connectivity index (χ4n) is 6.33. The normalized spacial score (nSPS) is 12.9. The number of carbonyl (C=O) groups excluding carboxylic acids is 9. The molecule has 0 heterocycles. The number of Topliss-reactive ketones (excluding diaryl/α,β-unsaturated/α-hetero) is 5. The number of nitrogens with two attached hydrogens (primary N) is 2. The first-order valence-electron chi connectivity index (χ1n) is 26.6. The van der Waals surface area contributed by atoms with Crippen molar-refractivity contribution in [3.63, 3.8) is 0 Å². The highest BCUT2D eigenvalue weighted by Crippen LogP contribution is 2.18. The molecular weight excluding hydrogens is 1130 g/mol. The molecule has 0 aliphatic heterocycles. The predicted octanol–water partition coefficient (Wildman–Crippen LogP) is -0.486. The summed E-state index contributed by atoms with van der Waals surface area (Å²) in [6.45, 7) is 15.9. The third-order valence-corrected chi connectivity index (χ3v) is 11.1. The molecular formula is C54H112N9O18S2+3. The molecule has 6 unspecified atom stereocenters. The number of nitrogens with zero attached hydrogens (tertiary/aromatic N) is 5. The van der Waals surface area contributed by atoms with Crippen LogP contribution in [-0.2, 0) is 57.4 Å². The van der Waals surface area contributed by atoms with Crippen molar-refractivity contribution in [2.75, 3.05) is 142 Å². The molecule has 83 heavy (non-hydrogen) atoms. The molecule has 0 spiro atoms. The summed E-state index contributed by atoms with van der Waals surface area (Å²) in [6.07, 6.45) is -1.02. The Balaban J connectivity index is -0.000000163. The number of carboxylic acids is 1. The number of guanidine groups is 1. The smallest absolute Gasteiger partial charge is 0.327 e. The predicted molar refractivity (Wildman–Crippen MR) is 325 cm³/mol. The molecule has 0 aromatic carbocycles. The number of hydrogen-bond donors (Lipinski definition) is 10. The number of carboxylic acid groups (broad SMARTS) is 1. The number of carbonyl (C=O) groups is 10. The highest BCUT2D eigenvalue weighted by atomic mass is 32.2. The van der Waals surface area contributed by atoms with E-state index < -0.39 is 42.6 Å². The number of aliphatic hydroxyl groups excluding tert-OH is 4. The summed E-state index contributed by atoms with van der Waals surface area (Å²) in [5.41, 5.74) is 10.2. The van der Waals surface area contributed by atoms with E-state index in [2.05, 4.69) is 26.5 Å². The van der Waals surface area contributed by atoms with Crippen molar-refractivity contribution in [2.45, 2.75) is 143 Å². The molecule has 29 heteroatoms. The van der Waals surface area contributed by atoms with Crippen LogP contribution in [0.4, 0.5) is 0 Å². The van der Waals surface area contributed by atoms with Crippen molar-refractivity contribution in [2.24, 2.45) is 11.5 Å². The molecule has 0 aliphatic carbocycles. The molecule has 1 amide bonds. The number of rotatable bonds is 31. The zero-order valence-corrected chi connectivity index (χ0v) is 55.6. The second-order valence-electron chi connectivity index (χ2n) is 22.9. The van der Waals surface area contributed by atoms with Gasteiger partial charge in [0, 0.05) is 92.3 Å². The van der Waals surface area contributed by atoms with Crippen LogP contribution in [0.5, 0.6) is 0 Å². The molecule has 0 fully saturated rings. The van der Waals surface area contributed by atoms with Gasteiger partial charge in [-0.25, -0.2) is 4.79 Å². The summed E-state index contributed by atoms with van der Waals surface area (Å²) in [4.78, 5) is 110. The number of esters is 2. The Kier molecular flexibility index (Phi) is 57.6. The lowest BCUT2D eigenvalue weighted by molar-refractivity contribution is -0.873. The third kappa shape index (κ3) is 88.9. The van der Waals surface area contributed by atoms with Gasteiger partial charge < -0.3 is 80.1 Å². The SMILES string of the molecule is CC(=O)CC(CN)OC(C)=O.CC(=O)CC(C[N+](C)(C)C)OC(C)=O.CC(=O)CC(C[N+](C)(C)C)SC(C)=O.CC(=O)CC(O)CN(C)C.CC(=O)CC(O)C[N+](C)(C)C.CC(=O)NC(CSCCCO)C(=O)O.CN(CC(O)O)C(=N)N. The van der Waals surface area contributed by atoms with Crippen LogP contribution in [-0.4, -0.2) is 302 Å². The van der Waals surface area contributed by atoms with Crippen LogP contribution in [0.1, 0.15) is 101 Å². The van der Waals surface area contributed by atoms with E-state index in [0.717, 1.165) is 11.0 Å². The second kappa shape index (κ2) is 51.9. The molecule has 0 radical (unpaired) electrons. The van der Waals surface area contributed by atoms with E-state index in [1.165, 1.54) is 83.9 Å². The van der Waals surface area contributed by atoms with Gasteiger partial charge in [0.1, 0.15) is 60.3 Å². The Labute approximate surface area is 503 Å². The van der Waals surface area contributed by atoms with Gasteiger partial charge >= 0.3 is 17.9 Å². The van der Waals surface area contributed by atoms with Crippen molar-refractivity contribution in [3.05, 3.63) is 0 Å². The number of aliphatic hydroxyl groups is 5. The number of ketones is 5. The number of thioether (sulfide) groups is 2. The van der Waals surface area contributed by atoms with Crippen molar-refractivity contribution in [1.29, 1.82) is 5.41 Å². The summed E-state index contributed by atoms with van der Waals surface area (Å²) in [6, 6.07) is -0.837. The fraction of sp³-hybridized carbons (Fsp3) is 0.796. The number of hydrogen-bond acceptors (Lipinski definition) is 22. The maximum atomic E-state index is 11.0.